The summed E-state index contributed by atoms with van der Waals surface area (Å²) in [6.07, 6.45) is 1.40. The van der Waals surface area contributed by atoms with Crippen molar-refractivity contribution in [3.63, 3.8) is 0 Å². The van der Waals surface area contributed by atoms with E-state index in [2.05, 4.69) is 26.5 Å². The summed E-state index contributed by atoms with van der Waals surface area (Å²) in [4.78, 5) is 11.5. The lowest BCUT2D eigenvalue weighted by Gasteiger charge is -1.94. The van der Waals surface area contributed by atoms with Crippen LogP contribution < -0.4 is 5.43 Å². The lowest BCUT2D eigenvalue weighted by molar-refractivity contribution is 0.0926. The monoisotopic (exact) mass is 296 g/mol. The summed E-state index contributed by atoms with van der Waals surface area (Å²) < 4.78 is 10.9. The van der Waals surface area contributed by atoms with Crippen LogP contribution in [0.5, 0.6) is 0 Å². The summed E-state index contributed by atoms with van der Waals surface area (Å²) in [5, 5.41) is 3.74. The molecule has 6 heteroatoms. The zero-order valence-corrected chi connectivity index (χ0v) is 10.5. The van der Waals surface area contributed by atoms with Gasteiger partial charge in [-0.2, -0.15) is 5.10 Å². The van der Waals surface area contributed by atoms with Crippen molar-refractivity contribution in [3.8, 4) is 0 Å². The van der Waals surface area contributed by atoms with Gasteiger partial charge in [-0.25, -0.2) is 5.43 Å². The van der Waals surface area contributed by atoms with Crippen LogP contribution in [0.2, 0.25) is 0 Å². The molecular weight excluding hydrogens is 288 g/mol. The summed E-state index contributed by atoms with van der Waals surface area (Å²) in [6, 6.07) is 6.75. The molecule has 0 radical (unpaired) electrons. The average Bonchev–Trinajstić information content (AvgIpc) is 2.88. The first-order valence-corrected chi connectivity index (χ1v) is 5.59. The highest BCUT2D eigenvalue weighted by Gasteiger charge is 2.08. The van der Waals surface area contributed by atoms with Crippen molar-refractivity contribution in [3.05, 3.63) is 46.2 Å². The van der Waals surface area contributed by atoms with Crippen LogP contribution in [0, 0.1) is 6.92 Å². The molecule has 2 rings (SSSR count). The Morgan fingerprint density at radius 3 is 2.76 bits per heavy atom. The Labute approximate surface area is 106 Å². The van der Waals surface area contributed by atoms with E-state index in [-0.39, 0.29) is 5.76 Å². The minimum Gasteiger partial charge on any atom is -0.456 e. The average molecular weight is 297 g/mol. The number of amides is 1. The van der Waals surface area contributed by atoms with Crippen LogP contribution in [0.1, 0.15) is 22.1 Å². The van der Waals surface area contributed by atoms with Gasteiger partial charge in [-0.15, -0.1) is 0 Å². The highest BCUT2D eigenvalue weighted by molar-refractivity contribution is 9.10. The molecule has 1 amide bonds. The van der Waals surface area contributed by atoms with Gasteiger partial charge in [-0.3, -0.25) is 4.79 Å². The molecule has 2 aromatic rings. The van der Waals surface area contributed by atoms with Crippen molar-refractivity contribution in [1.29, 1.82) is 0 Å². The lowest BCUT2D eigenvalue weighted by Crippen LogP contribution is -2.16. The predicted molar refractivity (Wildman–Crippen MR) is 64.9 cm³/mol. The number of nitrogens with zero attached hydrogens (tertiary/aromatic N) is 1. The molecule has 0 bridgehead atoms. The molecule has 2 aromatic heterocycles. The third-order valence-electron chi connectivity index (χ3n) is 1.92. The molecule has 0 aromatic carbocycles. The van der Waals surface area contributed by atoms with E-state index >= 15 is 0 Å². The quantitative estimate of drug-likeness (QED) is 0.699. The summed E-state index contributed by atoms with van der Waals surface area (Å²) in [5.74, 6) is 1.03. The number of halogens is 1. The topological polar surface area (TPSA) is 67.7 Å². The molecule has 0 atom stereocenters. The molecule has 2 heterocycles. The molecule has 0 saturated heterocycles. The molecule has 0 aliphatic rings. The maximum atomic E-state index is 11.5. The van der Waals surface area contributed by atoms with Gasteiger partial charge in [0, 0.05) is 0 Å². The third-order valence-corrected chi connectivity index (χ3v) is 2.34. The second kappa shape index (κ2) is 5.01. The molecule has 88 valence electrons. The van der Waals surface area contributed by atoms with Gasteiger partial charge >= 0.3 is 5.91 Å². The zero-order valence-electron chi connectivity index (χ0n) is 8.94. The summed E-state index contributed by atoms with van der Waals surface area (Å²) in [6.45, 7) is 1.76. The predicted octanol–water partition coefficient (Wildman–Crippen LogP) is 2.71. The van der Waals surface area contributed by atoms with Crippen molar-refractivity contribution in [2.75, 3.05) is 0 Å². The number of aryl methyl sites for hydroxylation is 1. The van der Waals surface area contributed by atoms with Crippen LogP contribution in [0.25, 0.3) is 0 Å². The Balaban J connectivity index is 1.94. The van der Waals surface area contributed by atoms with E-state index in [4.69, 9.17) is 8.83 Å². The van der Waals surface area contributed by atoms with Crippen LogP contribution in [-0.4, -0.2) is 12.1 Å². The summed E-state index contributed by atoms with van der Waals surface area (Å²) in [7, 11) is 0. The van der Waals surface area contributed by atoms with E-state index < -0.39 is 5.91 Å². The van der Waals surface area contributed by atoms with Gasteiger partial charge in [0.25, 0.3) is 0 Å². The molecule has 0 saturated carbocycles. The first-order valence-electron chi connectivity index (χ1n) is 4.80. The van der Waals surface area contributed by atoms with Gasteiger partial charge in [0.05, 0.1) is 6.21 Å². The molecule has 0 aliphatic heterocycles. The number of furan rings is 2. The van der Waals surface area contributed by atoms with Gasteiger partial charge in [-0.05, 0) is 47.1 Å². The van der Waals surface area contributed by atoms with E-state index in [0.717, 1.165) is 0 Å². The molecule has 0 aliphatic carbocycles. The Morgan fingerprint density at radius 2 is 2.18 bits per heavy atom. The van der Waals surface area contributed by atoms with Crippen LogP contribution in [-0.2, 0) is 0 Å². The molecule has 0 fully saturated rings. The second-order valence-corrected chi connectivity index (χ2v) is 4.03. The second-order valence-electron chi connectivity index (χ2n) is 3.25. The highest BCUT2D eigenvalue weighted by atomic mass is 79.9. The number of nitrogens with one attached hydrogen (secondary N) is 1. The first kappa shape index (κ1) is 11.7. The van der Waals surface area contributed by atoms with Crippen molar-refractivity contribution >= 4 is 28.1 Å². The fourth-order valence-electron chi connectivity index (χ4n) is 1.16. The van der Waals surface area contributed by atoms with Crippen molar-refractivity contribution in [2.45, 2.75) is 6.92 Å². The van der Waals surface area contributed by atoms with Crippen LogP contribution in [0.3, 0.4) is 0 Å². The van der Waals surface area contributed by atoms with E-state index in [1.165, 1.54) is 6.21 Å². The minimum absolute atomic E-state index is 0.222. The number of hydrogen-bond acceptors (Lipinski definition) is 4. The highest BCUT2D eigenvalue weighted by Crippen LogP contribution is 2.12. The standard InChI is InChI=1S/C11H9BrN2O3/c1-7-2-4-9(16-7)11(15)14-13-6-8-3-5-10(12)17-8/h2-6H,1H3,(H,14,15)/b13-6-. The van der Waals surface area contributed by atoms with Crippen molar-refractivity contribution in [2.24, 2.45) is 5.10 Å². The minimum atomic E-state index is -0.403. The third kappa shape index (κ3) is 3.07. The van der Waals surface area contributed by atoms with Gasteiger partial charge in [0.15, 0.2) is 10.4 Å². The number of hydrazone groups is 1. The number of carbonyl (C=O) groups excluding carboxylic acids is 1. The summed E-state index contributed by atoms with van der Waals surface area (Å²) >= 11 is 3.16. The maximum absolute atomic E-state index is 11.5. The fraction of sp³-hybridized carbons (Fsp3) is 0.0909. The zero-order chi connectivity index (χ0) is 12.3. The van der Waals surface area contributed by atoms with Crippen molar-refractivity contribution in [1.82, 2.24) is 5.43 Å². The molecule has 17 heavy (non-hydrogen) atoms. The Bertz CT molecular complexity index is 557. The van der Waals surface area contributed by atoms with E-state index in [0.29, 0.717) is 16.2 Å². The van der Waals surface area contributed by atoms with E-state index in [1.807, 2.05) is 0 Å². The van der Waals surface area contributed by atoms with E-state index in [1.54, 1.807) is 31.2 Å². The first-order chi connectivity index (χ1) is 8.15. The Morgan fingerprint density at radius 1 is 1.35 bits per heavy atom. The van der Waals surface area contributed by atoms with Crippen molar-refractivity contribution < 1.29 is 13.6 Å². The number of carbonyl (C=O) groups is 1. The normalized spacial score (nSPS) is 10.9. The largest absolute Gasteiger partial charge is 0.456 e. The number of hydrogen-bond donors (Lipinski definition) is 1. The SMILES string of the molecule is Cc1ccc(C(=O)N/N=C\c2ccc(Br)o2)o1. The van der Waals surface area contributed by atoms with Gasteiger partial charge in [0.1, 0.15) is 11.5 Å². The summed E-state index contributed by atoms with van der Waals surface area (Å²) in [5.41, 5.74) is 2.33. The van der Waals surface area contributed by atoms with E-state index in [9.17, 15) is 4.79 Å². The smallest absolute Gasteiger partial charge is 0.307 e. The molecular formula is C11H9BrN2O3. The van der Waals surface area contributed by atoms with Crippen LogP contribution in [0.15, 0.2) is 42.9 Å². The fourth-order valence-corrected chi connectivity index (χ4v) is 1.48. The number of rotatable bonds is 3. The molecule has 0 unspecified atom stereocenters. The van der Waals surface area contributed by atoms with Gasteiger partial charge in [0.2, 0.25) is 0 Å². The maximum Gasteiger partial charge on any atom is 0.307 e. The van der Waals surface area contributed by atoms with Gasteiger partial charge < -0.3 is 8.83 Å². The van der Waals surface area contributed by atoms with Gasteiger partial charge in [-0.1, -0.05) is 0 Å². The molecule has 1 N–H and O–H groups in total. The Kier molecular flexibility index (Phi) is 3.43. The molecule has 5 nitrogen and oxygen atoms in total. The van der Waals surface area contributed by atoms with Crippen LogP contribution in [0.4, 0.5) is 0 Å². The Hall–Kier alpha value is -1.82. The van der Waals surface area contributed by atoms with Crippen LogP contribution >= 0.6 is 15.9 Å². The lowest BCUT2D eigenvalue weighted by atomic mass is 10.4. The molecule has 0 spiro atoms.